The number of halogens is 1. The predicted octanol–water partition coefficient (Wildman–Crippen LogP) is 9.46. The van der Waals surface area contributed by atoms with Crippen molar-refractivity contribution in [1.82, 2.24) is 9.97 Å². The smallest absolute Gasteiger partial charge is 0.159 e. The average Bonchev–Trinajstić information content (AvgIpc) is 2.85. The predicted molar refractivity (Wildman–Crippen MR) is 140 cm³/mol. The van der Waals surface area contributed by atoms with Gasteiger partial charge >= 0.3 is 0 Å². The van der Waals surface area contributed by atoms with Crippen molar-refractivity contribution in [3.05, 3.63) is 47.8 Å². The number of hydrogen-bond acceptors (Lipinski definition) is 2. The Morgan fingerprint density at radius 2 is 1.15 bits per heavy atom. The van der Waals surface area contributed by atoms with E-state index in [1.807, 2.05) is 19.3 Å². The van der Waals surface area contributed by atoms with Crippen molar-refractivity contribution in [2.24, 2.45) is 0 Å². The van der Waals surface area contributed by atoms with E-state index in [4.69, 9.17) is 0 Å². The van der Waals surface area contributed by atoms with Crippen LogP contribution in [-0.2, 0) is 12.8 Å². The third-order valence-corrected chi connectivity index (χ3v) is 6.66. The largest absolute Gasteiger partial charge is 0.248 e. The topological polar surface area (TPSA) is 25.8 Å². The molecule has 3 heteroatoms. The molecule has 1 atom stereocenters. The van der Waals surface area contributed by atoms with Crippen LogP contribution >= 0.6 is 0 Å². The molecule has 1 aromatic heterocycles. The van der Waals surface area contributed by atoms with Crippen molar-refractivity contribution in [3.63, 3.8) is 0 Å². The summed E-state index contributed by atoms with van der Waals surface area (Å²) >= 11 is 0. The molecule has 2 rings (SSSR count). The second-order valence-corrected chi connectivity index (χ2v) is 9.65. The van der Waals surface area contributed by atoms with Gasteiger partial charge in [0.1, 0.15) is 0 Å². The van der Waals surface area contributed by atoms with Crippen molar-refractivity contribution in [3.8, 4) is 11.4 Å². The summed E-state index contributed by atoms with van der Waals surface area (Å²) in [4.78, 5) is 9.22. The molecule has 0 N–H and O–H groups in total. The van der Waals surface area contributed by atoms with Crippen LogP contribution in [0.4, 0.5) is 4.39 Å². The van der Waals surface area contributed by atoms with E-state index in [2.05, 4.69) is 41.2 Å². The Morgan fingerprint density at radius 1 is 0.636 bits per heavy atom. The highest BCUT2D eigenvalue weighted by Crippen LogP contribution is 2.18. The van der Waals surface area contributed by atoms with E-state index in [0.29, 0.717) is 6.42 Å². The summed E-state index contributed by atoms with van der Waals surface area (Å²) in [6.07, 6.45) is 23.6. The van der Waals surface area contributed by atoms with Crippen LogP contribution in [0.2, 0.25) is 0 Å². The van der Waals surface area contributed by atoms with Crippen LogP contribution in [-0.4, -0.2) is 16.1 Å². The van der Waals surface area contributed by atoms with Crippen LogP contribution in [0.5, 0.6) is 0 Å². The van der Waals surface area contributed by atoms with Crippen LogP contribution in [0.15, 0.2) is 36.7 Å². The molecule has 0 saturated carbocycles. The number of aromatic nitrogens is 2. The number of aryl methyl sites for hydroxylation is 2. The minimum Gasteiger partial charge on any atom is -0.248 e. The molecule has 0 saturated heterocycles. The Bertz CT molecular complexity index is 711. The molecule has 0 bridgehead atoms. The Hall–Kier alpha value is -1.77. The number of alkyl halides is 1. The molecule has 2 nitrogen and oxygen atoms in total. The van der Waals surface area contributed by atoms with Gasteiger partial charge in [-0.05, 0) is 49.7 Å². The molecule has 0 aliphatic heterocycles. The minimum atomic E-state index is -0.599. The van der Waals surface area contributed by atoms with E-state index in [0.717, 1.165) is 43.5 Å². The van der Waals surface area contributed by atoms with Gasteiger partial charge in [-0.25, -0.2) is 14.4 Å². The number of hydrogen-bond donors (Lipinski definition) is 0. The van der Waals surface area contributed by atoms with Crippen LogP contribution in [0, 0.1) is 0 Å². The number of nitrogens with zero attached hydrogens (tertiary/aromatic N) is 2. The summed E-state index contributed by atoms with van der Waals surface area (Å²) in [5.41, 5.74) is 3.71. The van der Waals surface area contributed by atoms with Gasteiger partial charge in [-0.1, -0.05) is 109 Å². The number of unbranched alkanes of at least 4 members (excludes halogenated alkanes) is 11. The van der Waals surface area contributed by atoms with Crippen LogP contribution in [0.1, 0.15) is 121 Å². The second kappa shape index (κ2) is 17.7. The van der Waals surface area contributed by atoms with E-state index in [1.54, 1.807) is 0 Å². The number of rotatable bonds is 19. The first kappa shape index (κ1) is 27.5. The first-order valence-electron chi connectivity index (χ1n) is 13.8. The van der Waals surface area contributed by atoms with Gasteiger partial charge in [0.25, 0.3) is 0 Å². The molecule has 0 aliphatic rings. The molecular formula is C30H47FN2. The molecule has 2 aromatic rings. The van der Waals surface area contributed by atoms with Gasteiger partial charge in [0.15, 0.2) is 5.82 Å². The molecule has 0 radical (unpaired) electrons. The maximum absolute atomic E-state index is 13.2. The van der Waals surface area contributed by atoms with Crippen molar-refractivity contribution in [2.45, 2.75) is 129 Å². The van der Waals surface area contributed by atoms with Gasteiger partial charge in [0, 0.05) is 18.0 Å². The lowest BCUT2D eigenvalue weighted by molar-refractivity contribution is 0.296. The summed E-state index contributed by atoms with van der Waals surface area (Å²) in [6.45, 7) is 4.20. The van der Waals surface area contributed by atoms with Crippen molar-refractivity contribution < 1.29 is 4.39 Å². The second-order valence-electron chi connectivity index (χ2n) is 9.65. The molecule has 1 heterocycles. The summed E-state index contributed by atoms with van der Waals surface area (Å²) < 4.78 is 13.2. The molecule has 0 aliphatic carbocycles. The molecule has 0 fully saturated rings. The highest BCUT2D eigenvalue weighted by molar-refractivity contribution is 5.55. The highest BCUT2D eigenvalue weighted by atomic mass is 19.1. The van der Waals surface area contributed by atoms with E-state index < -0.39 is 6.17 Å². The fraction of sp³-hybridized carbons (Fsp3) is 0.667. The standard InChI is InChI=1S/C30H47FN2/c1-3-5-6-7-8-9-11-15-18-27-24-32-30(33-25-27)28-22-20-26(21-23-28)17-14-12-10-13-16-19-29(31)4-2/h20-25,29H,3-19H2,1-2H3. The van der Waals surface area contributed by atoms with Gasteiger partial charge in [0.2, 0.25) is 0 Å². The van der Waals surface area contributed by atoms with Gasteiger partial charge in [-0.15, -0.1) is 0 Å². The van der Waals surface area contributed by atoms with Crippen molar-refractivity contribution in [1.29, 1.82) is 0 Å². The first-order valence-corrected chi connectivity index (χ1v) is 13.8. The Morgan fingerprint density at radius 3 is 1.73 bits per heavy atom. The lowest BCUT2D eigenvalue weighted by Gasteiger charge is -2.06. The van der Waals surface area contributed by atoms with Gasteiger partial charge in [-0.2, -0.15) is 0 Å². The fourth-order valence-corrected chi connectivity index (χ4v) is 4.35. The molecule has 0 spiro atoms. The summed E-state index contributed by atoms with van der Waals surface area (Å²) in [7, 11) is 0. The number of benzene rings is 1. The Labute approximate surface area is 202 Å². The Kier molecular flexibility index (Phi) is 14.7. The maximum Gasteiger partial charge on any atom is 0.159 e. The van der Waals surface area contributed by atoms with Gasteiger partial charge in [-0.3, -0.25) is 0 Å². The van der Waals surface area contributed by atoms with E-state index in [9.17, 15) is 4.39 Å². The van der Waals surface area contributed by atoms with E-state index in [-0.39, 0.29) is 0 Å². The molecule has 0 amide bonds. The minimum absolute atomic E-state index is 0.599. The molecule has 1 aromatic carbocycles. The van der Waals surface area contributed by atoms with Crippen molar-refractivity contribution in [2.75, 3.05) is 0 Å². The van der Waals surface area contributed by atoms with E-state index in [1.165, 1.54) is 81.8 Å². The quantitative estimate of drug-likeness (QED) is 0.197. The zero-order valence-corrected chi connectivity index (χ0v) is 21.3. The SMILES string of the molecule is CCCCCCCCCCc1cnc(-c2ccc(CCCCCCCC(F)CC)cc2)nc1. The molecular weight excluding hydrogens is 407 g/mol. The highest BCUT2D eigenvalue weighted by Gasteiger charge is 2.04. The summed E-state index contributed by atoms with van der Waals surface area (Å²) in [6, 6.07) is 8.72. The monoisotopic (exact) mass is 454 g/mol. The van der Waals surface area contributed by atoms with Gasteiger partial charge in [0.05, 0.1) is 6.17 Å². The van der Waals surface area contributed by atoms with Gasteiger partial charge < -0.3 is 0 Å². The Balaban J connectivity index is 1.60. The lowest BCUT2D eigenvalue weighted by atomic mass is 10.0. The maximum atomic E-state index is 13.2. The lowest BCUT2D eigenvalue weighted by Crippen LogP contribution is -1.96. The van der Waals surface area contributed by atoms with Crippen LogP contribution in [0.25, 0.3) is 11.4 Å². The van der Waals surface area contributed by atoms with Crippen molar-refractivity contribution >= 4 is 0 Å². The third kappa shape index (κ3) is 12.3. The zero-order valence-electron chi connectivity index (χ0n) is 21.3. The summed E-state index contributed by atoms with van der Waals surface area (Å²) in [5, 5.41) is 0. The normalized spacial score (nSPS) is 12.2. The first-order chi connectivity index (χ1) is 16.2. The fourth-order valence-electron chi connectivity index (χ4n) is 4.35. The molecule has 1 unspecified atom stereocenters. The third-order valence-electron chi connectivity index (χ3n) is 6.66. The zero-order chi connectivity index (χ0) is 23.6. The average molecular weight is 455 g/mol. The van der Waals surface area contributed by atoms with E-state index >= 15 is 0 Å². The molecule has 33 heavy (non-hydrogen) atoms. The van der Waals surface area contributed by atoms with Crippen LogP contribution in [0.3, 0.4) is 0 Å². The summed E-state index contributed by atoms with van der Waals surface area (Å²) in [5.74, 6) is 0.819. The van der Waals surface area contributed by atoms with Crippen LogP contribution < -0.4 is 0 Å². The molecule has 184 valence electrons.